The predicted octanol–water partition coefficient (Wildman–Crippen LogP) is 5.19. The van der Waals surface area contributed by atoms with E-state index in [2.05, 4.69) is 48.2 Å². The van der Waals surface area contributed by atoms with E-state index in [-0.39, 0.29) is 5.91 Å². The number of benzene rings is 3. The second-order valence-corrected chi connectivity index (χ2v) is 11.2. The van der Waals surface area contributed by atoms with Gasteiger partial charge in [0.2, 0.25) is 5.91 Å². The van der Waals surface area contributed by atoms with Gasteiger partial charge >= 0.3 is 0 Å². The smallest absolute Gasteiger partial charge is 0.227 e. The number of fused-ring (bicyclic) bond motifs is 2. The summed E-state index contributed by atoms with van der Waals surface area (Å²) in [6.45, 7) is 6.37. The maximum absolute atomic E-state index is 13.2. The zero-order chi connectivity index (χ0) is 28.9. The molecule has 1 atom stereocenters. The minimum atomic E-state index is 0.176. The van der Waals surface area contributed by atoms with Gasteiger partial charge in [-0.1, -0.05) is 29.8 Å². The molecule has 0 aromatic heterocycles. The van der Waals surface area contributed by atoms with Crippen LogP contribution in [0.3, 0.4) is 0 Å². The van der Waals surface area contributed by atoms with E-state index >= 15 is 0 Å². The predicted molar refractivity (Wildman–Crippen MR) is 161 cm³/mol. The first-order chi connectivity index (χ1) is 19.9. The maximum Gasteiger partial charge on any atom is 0.227 e. The monoisotopic (exact) mass is 558 g/mol. The molecular weight excluding hydrogens is 516 g/mol. The molecule has 0 spiro atoms. The van der Waals surface area contributed by atoms with Crippen molar-refractivity contribution in [3.05, 3.63) is 81.9 Å². The maximum atomic E-state index is 13.2. The van der Waals surface area contributed by atoms with E-state index in [1.165, 1.54) is 22.3 Å². The van der Waals surface area contributed by atoms with Crippen LogP contribution in [0.1, 0.15) is 45.7 Å². The fourth-order valence-electron chi connectivity index (χ4n) is 6.14. The van der Waals surface area contributed by atoms with E-state index < -0.39 is 0 Å². The largest absolute Gasteiger partial charge is 0.493 e. The Morgan fingerprint density at radius 3 is 2.10 bits per heavy atom. The number of hydrogen-bond acceptors (Lipinski definition) is 6. The van der Waals surface area contributed by atoms with E-state index in [1.807, 2.05) is 17.0 Å². The highest BCUT2D eigenvalue weighted by molar-refractivity contribution is 5.80. The number of carbonyl (C=O) groups is 1. The Morgan fingerprint density at radius 2 is 1.44 bits per heavy atom. The average molecular weight is 559 g/mol. The molecule has 0 N–H and O–H groups in total. The normalized spacial score (nSPS) is 16.0. The molecule has 41 heavy (non-hydrogen) atoms. The van der Waals surface area contributed by atoms with Crippen molar-refractivity contribution < 1.29 is 23.7 Å². The van der Waals surface area contributed by atoms with E-state index in [1.54, 1.807) is 28.4 Å². The van der Waals surface area contributed by atoms with Gasteiger partial charge in [0.05, 0.1) is 34.9 Å². The minimum absolute atomic E-state index is 0.176. The summed E-state index contributed by atoms with van der Waals surface area (Å²) in [6, 6.07) is 17.1. The quantitative estimate of drug-likeness (QED) is 0.305. The molecular formula is C34H42N2O5. The first kappa shape index (κ1) is 28.8. The van der Waals surface area contributed by atoms with Crippen LogP contribution in [-0.2, 0) is 30.6 Å². The number of ether oxygens (including phenoxy) is 4. The topological polar surface area (TPSA) is 60.5 Å². The number of amides is 1. The van der Waals surface area contributed by atoms with E-state index in [0.717, 1.165) is 74.6 Å². The van der Waals surface area contributed by atoms with Crippen LogP contribution in [-0.4, -0.2) is 70.3 Å². The second kappa shape index (κ2) is 12.9. The summed E-state index contributed by atoms with van der Waals surface area (Å²) in [6.07, 6.45) is 3.17. The van der Waals surface area contributed by atoms with Gasteiger partial charge in [-0.2, -0.15) is 0 Å². The van der Waals surface area contributed by atoms with Crippen LogP contribution in [0.4, 0.5) is 0 Å². The van der Waals surface area contributed by atoms with E-state index in [9.17, 15) is 4.79 Å². The molecule has 0 fully saturated rings. The van der Waals surface area contributed by atoms with Crippen LogP contribution in [0, 0.1) is 6.92 Å². The van der Waals surface area contributed by atoms with E-state index in [4.69, 9.17) is 18.9 Å². The summed E-state index contributed by atoms with van der Waals surface area (Å²) in [5, 5.41) is 0. The van der Waals surface area contributed by atoms with Crippen LogP contribution in [0.25, 0.3) is 0 Å². The third-order valence-corrected chi connectivity index (χ3v) is 8.51. The molecule has 0 saturated carbocycles. The van der Waals surface area contributed by atoms with Crippen LogP contribution < -0.4 is 18.9 Å². The molecule has 1 aliphatic heterocycles. The van der Waals surface area contributed by atoms with Gasteiger partial charge in [-0.3, -0.25) is 9.69 Å². The fourth-order valence-corrected chi connectivity index (χ4v) is 6.14. The van der Waals surface area contributed by atoms with Crippen molar-refractivity contribution in [1.29, 1.82) is 0 Å². The number of carbonyl (C=O) groups excluding carboxylic acids is 1. The Kier molecular flexibility index (Phi) is 9.03. The minimum Gasteiger partial charge on any atom is -0.493 e. The molecule has 0 saturated heterocycles. The van der Waals surface area contributed by atoms with E-state index in [0.29, 0.717) is 23.8 Å². The first-order valence-electron chi connectivity index (χ1n) is 14.5. The Morgan fingerprint density at radius 1 is 0.829 bits per heavy atom. The third kappa shape index (κ3) is 6.46. The van der Waals surface area contributed by atoms with Gasteiger partial charge in [0, 0.05) is 38.6 Å². The molecule has 0 radical (unpaired) electrons. The molecule has 3 aromatic carbocycles. The highest BCUT2D eigenvalue weighted by Crippen LogP contribution is 2.43. The molecule has 218 valence electrons. The number of aryl methyl sites for hydroxylation is 1. The van der Waals surface area contributed by atoms with Gasteiger partial charge in [0.25, 0.3) is 0 Å². The zero-order valence-corrected chi connectivity index (χ0v) is 25.0. The van der Waals surface area contributed by atoms with Gasteiger partial charge in [-0.05, 0) is 78.3 Å². The summed E-state index contributed by atoms with van der Waals surface area (Å²) >= 11 is 0. The highest BCUT2D eigenvalue weighted by Gasteiger charge is 2.30. The van der Waals surface area contributed by atoms with Gasteiger partial charge < -0.3 is 23.8 Å². The summed E-state index contributed by atoms with van der Waals surface area (Å²) in [4.78, 5) is 17.8. The molecule has 5 rings (SSSR count). The average Bonchev–Trinajstić information content (AvgIpc) is 3.13. The SMILES string of the molecule is COc1cc2c(cc1OC)CC(=O)N(CCCN(Cc1ccc(C)cc1)C[C@H]1Cc3cc(OC)c(OC)cc31)CC2. The molecule has 7 heteroatoms. The lowest BCUT2D eigenvalue weighted by Gasteiger charge is -2.36. The number of rotatable bonds is 12. The molecule has 2 aliphatic rings. The Balaban J connectivity index is 1.24. The lowest BCUT2D eigenvalue weighted by Crippen LogP contribution is -2.37. The van der Waals surface area contributed by atoms with Gasteiger partial charge in [-0.15, -0.1) is 0 Å². The van der Waals surface area contributed by atoms with Gasteiger partial charge in [0.1, 0.15) is 0 Å². The summed E-state index contributed by atoms with van der Waals surface area (Å²) in [5.74, 6) is 3.60. The Bertz CT molecular complexity index is 1370. The molecule has 3 aromatic rings. The summed E-state index contributed by atoms with van der Waals surface area (Å²) < 4.78 is 22.0. The fraction of sp³-hybridized carbons (Fsp3) is 0.441. The lowest BCUT2D eigenvalue weighted by molar-refractivity contribution is -0.130. The molecule has 1 heterocycles. The number of nitrogens with zero attached hydrogens (tertiary/aromatic N) is 2. The van der Waals surface area contributed by atoms with Crippen molar-refractivity contribution in [2.45, 2.75) is 45.1 Å². The van der Waals surface area contributed by atoms with Crippen molar-refractivity contribution in [2.24, 2.45) is 0 Å². The van der Waals surface area contributed by atoms with Crippen molar-refractivity contribution in [2.75, 3.05) is 54.6 Å². The summed E-state index contributed by atoms with van der Waals surface area (Å²) in [5.41, 5.74) is 7.47. The van der Waals surface area contributed by atoms with Crippen LogP contribution >= 0.6 is 0 Å². The first-order valence-corrected chi connectivity index (χ1v) is 14.5. The summed E-state index contributed by atoms with van der Waals surface area (Å²) in [7, 11) is 6.66. The molecule has 0 bridgehead atoms. The van der Waals surface area contributed by atoms with Crippen molar-refractivity contribution >= 4 is 5.91 Å². The standard InChI is InChI=1S/C34H42N2O5/c1-23-7-9-24(10-8-23)21-35(22-28-15-27-18-32(40-4)33(41-5)20-29(27)28)12-6-13-36-14-11-25-16-30(38-2)31(39-3)17-26(25)19-34(36)37/h7-10,16-18,20,28H,6,11-15,19,21-22H2,1-5H3/t28-/m1/s1. The molecule has 7 nitrogen and oxygen atoms in total. The highest BCUT2D eigenvalue weighted by atomic mass is 16.5. The van der Waals surface area contributed by atoms with Crippen LogP contribution in [0.2, 0.25) is 0 Å². The lowest BCUT2D eigenvalue weighted by atomic mass is 9.77. The van der Waals surface area contributed by atoms with Crippen molar-refractivity contribution in [1.82, 2.24) is 9.80 Å². The molecule has 0 unspecified atom stereocenters. The Labute approximate surface area is 244 Å². The zero-order valence-electron chi connectivity index (χ0n) is 25.0. The number of methoxy groups -OCH3 is 4. The van der Waals surface area contributed by atoms with Crippen molar-refractivity contribution in [3.63, 3.8) is 0 Å². The van der Waals surface area contributed by atoms with Gasteiger partial charge in [0.15, 0.2) is 23.0 Å². The third-order valence-electron chi connectivity index (χ3n) is 8.51. The van der Waals surface area contributed by atoms with Crippen LogP contribution in [0.15, 0.2) is 48.5 Å². The number of hydrogen-bond donors (Lipinski definition) is 0. The molecule has 1 aliphatic carbocycles. The van der Waals surface area contributed by atoms with Crippen LogP contribution in [0.5, 0.6) is 23.0 Å². The van der Waals surface area contributed by atoms with Gasteiger partial charge in [-0.25, -0.2) is 0 Å². The second-order valence-electron chi connectivity index (χ2n) is 11.2. The van der Waals surface area contributed by atoms with Crippen molar-refractivity contribution in [3.8, 4) is 23.0 Å². The Hall–Kier alpha value is -3.71. The molecule has 1 amide bonds.